The largest absolute Gasteiger partial charge is 0.365 e. The van der Waals surface area contributed by atoms with Crippen LogP contribution in [0, 0.1) is 21.4 Å². The van der Waals surface area contributed by atoms with Gasteiger partial charge in [-0.15, -0.1) is 0 Å². The molecule has 0 unspecified atom stereocenters. The Bertz CT molecular complexity index is 530. The summed E-state index contributed by atoms with van der Waals surface area (Å²) in [5.74, 6) is -1.12. The number of nitrogens with two attached hydrogens (primary N) is 1. The molecular formula is C9H5N3O4. The summed E-state index contributed by atoms with van der Waals surface area (Å²) in [4.78, 5) is 31.4. The molecule has 7 heteroatoms. The molecule has 1 rings (SSSR count). The summed E-state index contributed by atoms with van der Waals surface area (Å²) < 4.78 is 0. The Labute approximate surface area is 89.2 Å². The number of nitrogens with zero attached hydrogens (tertiary/aromatic N) is 2. The molecule has 0 aliphatic carbocycles. The van der Waals surface area contributed by atoms with Crippen molar-refractivity contribution in [3.05, 3.63) is 38.9 Å². The van der Waals surface area contributed by atoms with E-state index in [1.165, 1.54) is 0 Å². The fraction of sp³-hybridized carbons (Fsp3) is 0. The second-order valence-electron chi connectivity index (χ2n) is 2.78. The normalized spacial score (nSPS) is 9.19. The number of nitro groups is 1. The average molecular weight is 219 g/mol. The van der Waals surface area contributed by atoms with E-state index in [4.69, 9.17) is 11.0 Å². The number of hydrogen-bond acceptors (Lipinski definition) is 5. The summed E-state index contributed by atoms with van der Waals surface area (Å²) in [5.41, 5.74) is 3.14. The van der Waals surface area contributed by atoms with Crippen molar-refractivity contribution in [3.63, 3.8) is 0 Å². The first-order chi connectivity index (χ1) is 7.52. The zero-order valence-electron chi connectivity index (χ0n) is 7.84. The number of benzene rings is 1. The Balaban J connectivity index is 3.75. The number of carbonyl (C=O) groups excluding carboxylic acids is 2. The Hall–Kier alpha value is -2.75. The highest BCUT2D eigenvalue weighted by atomic mass is 16.6. The summed E-state index contributed by atoms with van der Waals surface area (Å²) in [6.07, 6.45) is 0.272. The van der Waals surface area contributed by atoms with Crippen molar-refractivity contribution in [1.29, 1.82) is 5.26 Å². The van der Waals surface area contributed by atoms with Crippen LogP contribution in [0.1, 0.15) is 26.3 Å². The van der Waals surface area contributed by atoms with Gasteiger partial charge < -0.3 is 5.73 Å². The van der Waals surface area contributed by atoms with Gasteiger partial charge in [-0.1, -0.05) is 0 Å². The van der Waals surface area contributed by atoms with Crippen LogP contribution < -0.4 is 5.73 Å². The van der Waals surface area contributed by atoms with Gasteiger partial charge in [-0.2, -0.15) is 5.26 Å². The van der Waals surface area contributed by atoms with Gasteiger partial charge >= 0.3 is 5.69 Å². The highest BCUT2D eigenvalue weighted by Crippen LogP contribution is 2.25. The first-order valence-corrected chi connectivity index (χ1v) is 3.99. The van der Waals surface area contributed by atoms with E-state index in [-0.39, 0.29) is 17.4 Å². The second-order valence-corrected chi connectivity index (χ2v) is 2.78. The predicted molar refractivity (Wildman–Crippen MR) is 51.7 cm³/mol. The number of carbonyl (C=O) groups is 2. The van der Waals surface area contributed by atoms with Crippen molar-refractivity contribution in [2.24, 2.45) is 5.73 Å². The Morgan fingerprint density at radius 2 is 2.19 bits per heavy atom. The van der Waals surface area contributed by atoms with Gasteiger partial charge in [0.25, 0.3) is 5.91 Å². The maximum Gasteiger partial charge on any atom is 0.300 e. The van der Waals surface area contributed by atoms with Crippen LogP contribution >= 0.6 is 0 Å². The zero-order chi connectivity index (χ0) is 12.3. The summed E-state index contributed by atoms with van der Waals surface area (Å²) >= 11 is 0. The third kappa shape index (κ3) is 1.72. The minimum absolute atomic E-state index is 0.210. The minimum Gasteiger partial charge on any atom is -0.365 e. The summed E-state index contributed by atoms with van der Waals surface area (Å²) in [6, 6.07) is 3.79. The average Bonchev–Trinajstić information content (AvgIpc) is 2.26. The number of rotatable bonds is 3. The van der Waals surface area contributed by atoms with Crippen LogP contribution in [0.4, 0.5) is 5.69 Å². The molecule has 0 saturated carbocycles. The molecule has 0 aromatic heterocycles. The third-order valence-electron chi connectivity index (χ3n) is 1.89. The molecule has 0 heterocycles. The standard InChI is InChI=1S/C9H5N3O4/c10-3-5-1-2-6(4-13)7(9(11)14)8(5)12(15)16/h1-2,4H,(H2,11,14). The van der Waals surface area contributed by atoms with E-state index < -0.39 is 22.1 Å². The summed E-state index contributed by atoms with van der Waals surface area (Å²) in [5, 5.41) is 19.3. The molecule has 0 fully saturated rings. The Morgan fingerprint density at radius 3 is 2.56 bits per heavy atom. The summed E-state index contributed by atoms with van der Waals surface area (Å²) in [6.45, 7) is 0. The number of nitriles is 1. The van der Waals surface area contributed by atoms with Gasteiger partial charge in [0.15, 0.2) is 6.29 Å². The topological polar surface area (TPSA) is 127 Å². The maximum absolute atomic E-state index is 11.0. The molecule has 0 saturated heterocycles. The molecule has 2 N–H and O–H groups in total. The van der Waals surface area contributed by atoms with Crippen LogP contribution in [-0.2, 0) is 0 Å². The van der Waals surface area contributed by atoms with Gasteiger partial charge in [0, 0.05) is 5.56 Å². The predicted octanol–water partition coefficient (Wildman–Crippen LogP) is 0.378. The van der Waals surface area contributed by atoms with Crippen LogP contribution in [0.25, 0.3) is 0 Å². The quantitative estimate of drug-likeness (QED) is 0.446. The molecule has 1 aromatic carbocycles. The molecule has 16 heavy (non-hydrogen) atoms. The lowest BCUT2D eigenvalue weighted by Crippen LogP contribution is -2.17. The van der Waals surface area contributed by atoms with E-state index in [0.29, 0.717) is 0 Å². The number of primary amides is 1. The maximum atomic E-state index is 11.0. The van der Waals surface area contributed by atoms with Crippen LogP contribution in [0.5, 0.6) is 0 Å². The van der Waals surface area contributed by atoms with E-state index in [1.54, 1.807) is 6.07 Å². The van der Waals surface area contributed by atoms with Gasteiger partial charge in [0.05, 0.1) is 4.92 Å². The van der Waals surface area contributed by atoms with Crippen molar-refractivity contribution in [1.82, 2.24) is 0 Å². The van der Waals surface area contributed by atoms with Gasteiger partial charge in [0.2, 0.25) is 0 Å². The van der Waals surface area contributed by atoms with Crippen LogP contribution in [0.15, 0.2) is 12.1 Å². The fourth-order valence-electron chi connectivity index (χ4n) is 1.24. The minimum atomic E-state index is -1.12. The van der Waals surface area contributed by atoms with E-state index in [9.17, 15) is 19.7 Å². The van der Waals surface area contributed by atoms with E-state index in [2.05, 4.69) is 0 Å². The lowest BCUT2D eigenvalue weighted by Gasteiger charge is -2.02. The van der Waals surface area contributed by atoms with Crippen LogP contribution in [0.2, 0.25) is 0 Å². The lowest BCUT2D eigenvalue weighted by atomic mass is 10.0. The van der Waals surface area contributed by atoms with Crippen LogP contribution in [-0.4, -0.2) is 17.1 Å². The first-order valence-electron chi connectivity index (χ1n) is 3.99. The van der Waals surface area contributed by atoms with E-state index in [0.717, 1.165) is 12.1 Å². The van der Waals surface area contributed by atoms with Gasteiger partial charge in [-0.25, -0.2) is 0 Å². The molecule has 0 spiro atoms. The lowest BCUT2D eigenvalue weighted by molar-refractivity contribution is -0.385. The van der Waals surface area contributed by atoms with E-state index in [1.807, 2.05) is 0 Å². The smallest absolute Gasteiger partial charge is 0.300 e. The molecular weight excluding hydrogens is 214 g/mol. The van der Waals surface area contributed by atoms with Gasteiger partial charge in [0.1, 0.15) is 17.2 Å². The zero-order valence-corrected chi connectivity index (χ0v) is 7.84. The van der Waals surface area contributed by atoms with Gasteiger partial charge in [-0.3, -0.25) is 19.7 Å². The van der Waals surface area contributed by atoms with E-state index >= 15 is 0 Å². The molecule has 1 aromatic rings. The number of hydrogen-bond donors (Lipinski definition) is 1. The van der Waals surface area contributed by atoms with Crippen molar-refractivity contribution < 1.29 is 14.5 Å². The van der Waals surface area contributed by atoms with Crippen molar-refractivity contribution in [2.75, 3.05) is 0 Å². The second kappa shape index (κ2) is 4.18. The van der Waals surface area contributed by atoms with Crippen LogP contribution in [0.3, 0.4) is 0 Å². The molecule has 1 amide bonds. The molecule has 0 atom stereocenters. The highest BCUT2D eigenvalue weighted by molar-refractivity contribution is 6.04. The third-order valence-corrected chi connectivity index (χ3v) is 1.89. The Morgan fingerprint density at radius 1 is 1.56 bits per heavy atom. The SMILES string of the molecule is N#Cc1ccc(C=O)c(C(N)=O)c1[N+](=O)[O-]. The van der Waals surface area contributed by atoms with Crippen molar-refractivity contribution >= 4 is 17.9 Å². The molecule has 0 bridgehead atoms. The molecule has 80 valence electrons. The number of aldehydes is 1. The number of nitro benzene ring substituents is 1. The van der Waals surface area contributed by atoms with Crippen molar-refractivity contribution in [2.45, 2.75) is 0 Å². The van der Waals surface area contributed by atoms with Gasteiger partial charge in [-0.05, 0) is 12.1 Å². The first kappa shape index (κ1) is 11.3. The Kier molecular flexibility index (Phi) is 2.96. The molecule has 0 aliphatic rings. The monoisotopic (exact) mass is 219 g/mol. The number of amides is 1. The molecule has 0 radical (unpaired) electrons. The molecule has 0 aliphatic heterocycles. The van der Waals surface area contributed by atoms with Crippen molar-refractivity contribution in [3.8, 4) is 6.07 Å². The fourth-order valence-corrected chi connectivity index (χ4v) is 1.24. The summed E-state index contributed by atoms with van der Waals surface area (Å²) in [7, 11) is 0. The molecule has 7 nitrogen and oxygen atoms in total. The highest BCUT2D eigenvalue weighted by Gasteiger charge is 2.26.